The average Bonchev–Trinajstić information content (AvgIpc) is 2.79. The van der Waals surface area contributed by atoms with Gasteiger partial charge in [-0.15, -0.1) is 0 Å². The maximum absolute atomic E-state index is 12.6. The first kappa shape index (κ1) is 24.8. The van der Waals surface area contributed by atoms with E-state index in [-0.39, 0.29) is 28.8 Å². The highest BCUT2D eigenvalue weighted by molar-refractivity contribution is 6.32. The Morgan fingerprint density at radius 3 is 2.65 bits per heavy atom. The molecule has 3 rings (SSSR count). The third-order valence-corrected chi connectivity index (χ3v) is 4.65. The van der Waals surface area contributed by atoms with E-state index in [0.29, 0.717) is 29.7 Å². The summed E-state index contributed by atoms with van der Waals surface area (Å²) >= 11 is 6.37. The van der Waals surface area contributed by atoms with E-state index >= 15 is 0 Å². The van der Waals surface area contributed by atoms with Gasteiger partial charge in [-0.2, -0.15) is 18.3 Å². The fraction of sp³-hybridized carbons (Fsp3) is 0.174. The minimum atomic E-state index is -4.47. The summed E-state index contributed by atoms with van der Waals surface area (Å²) in [5, 5.41) is 13.3. The highest BCUT2D eigenvalue weighted by Gasteiger charge is 2.30. The van der Waals surface area contributed by atoms with E-state index < -0.39 is 17.7 Å². The van der Waals surface area contributed by atoms with Gasteiger partial charge >= 0.3 is 12.1 Å². The lowest BCUT2D eigenvalue weighted by Gasteiger charge is -2.14. The van der Waals surface area contributed by atoms with Crippen molar-refractivity contribution in [1.82, 2.24) is 4.98 Å². The van der Waals surface area contributed by atoms with Gasteiger partial charge in [0.05, 0.1) is 29.0 Å². The third kappa shape index (κ3) is 6.61. The molecule has 0 aliphatic rings. The van der Waals surface area contributed by atoms with Crippen molar-refractivity contribution in [2.24, 2.45) is 5.10 Å². The standard InChI is InChI=1S/C23H19ClF3N3O4/c1-2-33-19-10-15(11-29-30-20-7-6-17(12-28-20)23(25,26)27)9-18(24)21(19)34-13-14-4-3-5-16(8-14)22(31)32/h3-12H,2,13H2,1H3,(H,28,30)(H,31,32)/b29-11-. The summed E-state index contributed by atoms with van der Waals surface area (Å²) < 4.78 is 49.3. The molecule has 0 atom stereocenters. The first-order valence-electron chi connectivity index (χ1n) is 9.91. The van der Waals surface area contributed by atoms with Crippen molar-refractivity contribution in [3.63, 3.8) is 0 Å². The summed E-state index contributed by atoms with van der Waals surface area (Å²) in [6, 6.07) is 11.6. The monoisotopic (exact) mass is 493 g/mol. The lowest BCUT2D eigenvalue weighted by atomic mass is 10.1. The molecule has 2 aromatic carbocycles. The normalized spacial score (nSPS) is 11.4. The number of benzene rings is 2. The van der Waals surface area contributed by atoms with Crippen LogP contribution in [0.4, 0.5) is 19.0 Å². The van der Waals surface area contributed by atoms with E-state index in [4.69, 9.17) is 26.2 Å². The Morgan fingerprint density at radius 1 is 1.21 bits per heavy atom. The smallest absolute Gasteiger partial charge is 0.417 e. The Kier molecular flexibility index (Phi) is 7.95. The van der Waals surface area contributed by atoms with Gasteiger partial charge in [0.1, 0.15) is 12.4 Å². The highest BCUT2D eigenvalue weighted by atomic mass is 35.5. The van der Waals surface area contributed by atoms with Crippen molar-refractivity contribution in [2.45, 2.75) is 19.7 Å². The Bertz CT molecular complexity index is 1190. The topological polar surface area (TPSA) is 93.0 Å². The Balaban J connectivity index is 1.72. The van der Waals surface area contributed by atoms with E-state index in [2.05, 4.69) is 15.5 Å². The van der Waals surface area contributed by atoms with Gasteiger partial charge < -0.3 is 14.6 Å². The van der Waals surface area contributed by atoms with Crippen molar-refractivity contribution in [3.05, 3.63) is 82.0 Å². The van der Waals surface area contributed by atoms with Gasteiger partial charge in [0.15, 0.2) is 11.5 Å². The minimum Gasteiger partial charge on any atom is -0.490 e. The molecule has 1 aromatic heterocycles. The number of halogens is 4. The van der Waals surface area contributed by atoms with E-state index in [9.17, 15) is 18.0 Å². The SMILES string of the molecule is CCOc1cc(/C=N\Nc2ccc(C(F)(F)F)cn2)cc(Cl)c1OCc1cccc(C(=O)O)c1. The van der Waals surface area contributed by atoms with Crippen molar-refractivity contribution < 1.29 is 32.5 Å². The number of pyridine rings is 1. The molecule has 0 unspecified atom stereocenters. The van der Waals surface area contributed by atoms with Crippen LogP contribution >= 0.6 is 11.6 Å². The molecular weight excluding hydrogens is 475 g/mol. The maximum atomic E-state index is 12.6. The van der Waals surface area contributed by atoms with Crippen molar-refractivity contribution in [1.29, 1.82) is 0 Å². The summed E-state index contributed by atoms with van der Waals surface area (Å²) in [5.41, 5.74) is 3.00. The van der Waals surface area contributed by atoms with Gasteiger partial charge in [0.2, 0.25) is 0 Å². The summed E-state index contributed by atoms with van der Waals surface area (Å²) in [5.74, 6) is -0.292. The van der Waals surface area contributed by atoms with Crippen molar-refractivity contribution in [2.75, 3.05) is 12.0 Å². The van der Waals surface area contributed by atoms with Gasteiger partial charge in [-0.05, 0) is 54.4 Å². The molecule has 0 aliphatic heterocycles. The van der Waals surface area contributed by atoms with E-state index in [1.54, 1.807) is 31.2 Å². The second-order valence-electron chi connectivity index (χ2n) is 6.86. The fourth-order valence-corrected chi connectivity index (χ4v) is 3.09. The number of hydrogen-bond acceptors (Lipinski definition) is 6. The average molecular weight is 494 g/mol. The zero-order valence-corrected chi connectivity index (χ0v) is 18.5. The molecule has 11 heteroatoms. The number of aromatic carboxylic acids is 1. The summed E-state index contributed by atoms with van der Waals surface area (Å²) in [6.45, 7) is 2.18. The molecule has 0 radical (unpaired) electrons. The molecule has 0 spiro atoms. The first-order chi connectivity index (χ1) is 16.2. The number of alkyl halides is 3. The van der Waals surface area contributed by atoms with Gasteiger partial charge in [-0.25, -0.2) is 9.78 Å². The summed E-state index contributed by atoms with van der Waals surface area (Å²) in [4.78, 5) is 14.8. The number of nitrogens with one attached hydrogen (secondary N) is 1. The van der Waals surface area contributed by atoms with Crippen LogP contribution in [0, 0.1) is 0 Å². The number of carbonyl (C=O) groups is 1. The fourth-order valence-electron chi connectivity index (χ4n) is 2.82. The first-order valence-corrected chi connectivity index (χ1v) is 10.3. The van der Waals surface area contributed by atoms with E-state index in [0.717, 1.165) is 12.1 Å². The maximum Gasteiger partial charge on any atom is 0.417 e. The Hall–Kier alpha value is -3.79. The number of carboxylic acids is 1. The van der Waals surface area contributed by atoms with Crippen LogP contribution in [0.1, 0.15) is 34.0 Å². The van der Waals surface area contributed by atoms with Crippen LogP contribution in [0.3, 0.4) is 0 Å². The van der Waals surface area contributed by atoms with Crippen LogP contribution in [0.25, 0.3) is 0 Å². The number of aromatic nitrogens is 1. The number of hydrogen-bond donors (Lipinski definition) is 2. The minimum absolute atomic E-state index is 0.0650. The third-order valence-electron chi connectivity index (χ3n) is 4.37. The molecular formula is C23H19ClF3N3O4. The van der Waals surface area contributed by atoms with Crippen LogP contribution in [0.15, 0.2) is 59.8 Å². The largest absolute Gasteiger partial charge is 0.490 e. The van der Waals surface area contributed by atoms with Gasteiger partial charge in [-0.1, -0.05) is 23.7 Å². The number of ether oxygens (including phenoxy) is 2. The number of nitrogens with zero attached hydrogens (tertiary/aromatic N) is 2. The van der Waals surface area contributed by atoms with Gasteiger partial charge in [-0.3, -0.25) is 5.43 Å². The van der Waals surface area contributed by atoms with Gasteiger partial charge in [0.25, 0.3) is 0 Å². The zero-order chi connectivity index (χ0) is 24.7. The number of hydrazone groups is 1. The molecule has 0 saturated carbocycles. The second kappa shape index (κ2) is 10.9. The molecule has 0 saturated heterocycles. The second-order valence-corrected chi connectivity index (χ2v) is 7.26. The molecule has 34 heavy (non-hydrogen) atoms. The van der Waals surface area contributed by atoms with Crippen LogP contribution in [-0.2, 0) is 12.8 Å². The molecule has 178 valence electrons. The molecule has 0 fully saturated rings. The van der Waals surface area contributed by atoms with E-state index in [1.165, 1.54) is 18.3 Å². The van der Waals surface area contributed by atoms with E-state index in [1.807, 2.05) is 0 Å². The predicted octanol–water partition coefficient (Wildman–Crippen LogP) is 5.88. The zero-order valence-electron chi connectivity index (χ0n) is 17.8. The van der Waals surface area contributed by atoms with Gasteiger partial charge in [0, 0.05) is 6.20 Å². The lowest BCUT2D eigenvalue weighted by molar-refractivity contribution is -0.137. The quantitative estimate of drug-likeness (QED) is 0.286. The van der Waals surface area contributed by atoms with Crippen molar-refractivity contribution >= 4 is 29.6 Å². The summed E-state index contributed by atoms with van der Waals surface area (Å²) in [6.07, 6.45) is -2.36. The number of rotatable bonds is 9. The molecule has 7 nitrogen and oxygen atoms in total. The van der Waals surface area contributed by atoms with Crippen LogP contribution < -0.4 is 14.9 Å². The highest BCUT2D eigenvalue weighted by Crippen LogP contribution is 2.37. The van der Waals surface area contributed by atoms with Crippen LogP contribution in [0.2, 0.25) is 5.02 Å². The van der Waals surface area contributed by atoms with Crippen LogP contribution in [-0.4, -0.2) is 28.9 Å². The van der Waals surface area contributed by atoms with Crippen LogP contribution in [0.5, 0.6) is 11.5 Å². The molecule has 2 N–H and O–H groups in total. The summed E-state index contributed by atoms with van der Waals surface area (Å²) in [7, 11) is 0. The molecule has 3 aromatic rings. The molecule has 1 heterocycles. The van der Waals surface area contributed by atoms with Crippen molar-refractivity contribution in [3.8, 4) is 11.5 Å². The Labute approximate surface area is 197 Å². The number of anilines is 1. The molecule has 0 amide bonds. The predicted molar refractivity (Wildman–Crippen MR) is 121 cm³/mol. The number of carboxylic acid groups (broad SMARTS) is 1. The molecule has 0 bridgehead atoms. The lowest BCUT2D eigenvalue weighted by Crippen LogP contribution is -2.05. The molecule has 0 aliphatic carbocycles. The Morgan fingerprint density at radius 2 is 2.00 bits per heavy atom.